The first kappa shape index (κ1) is 21.8. The average molecular weight is 458 g/mol. The number of nitrogens with one attached hydrogen (secondary N) is 1. The summed E-state index contributed by atoms with van der Waals surface area (Å²) in [6.07, 6.45) is 3.81. The van der Waals surface area contributed by atoms with Gasteiger partial charge >= 0.3 is 5.97 Å². The Labute approximate surface area is 184 Å². The number of esters is 1. The van der Waals surface area contributed by atoms with Crippen molar-refractivity contribution in [2.24, 2.45) is 7.05 Å². The van der Waals surface area contributed by atoms with Crippen molar-refractivity contribution in [1.29, 1.82) is 0 Å². The lowest BCUT2D eigenvalue weighted by atomic mass is 10.1. The zero-order chi connectivity index (χ0) is 22.9. The van der Waals surface area contributed by atoms with Gasteiger partial charge < -0.3 is 19.1 Å². The zero-order valence-electron chi connectivity index (χ0n) is 17.5. The fraction of sp³-hybridized carbons (Fsp3) is 0.286. The molecule has 1 unspecified atom stereocenters. The SMILES string of the molecule is COC(=O)c1cc(S(=O)(=O)N2CCCC2C(=O)Nc2cccc(-c3ccno3)c2)cn1C. The number of aryl methyl sites for hydroxylation is 1. The van der Waals surface area contributed by atoms with E-state index in [1.807, 2.05) is 6.07 Å². The van der Waals surface area contributed by atoms with Gasteiger partial charge in [0.15, 0.2) is 5.76 Å². The molecule has 3 heterocycles. The Morgan fingerprint density at radius 1 is 1.25 bits per heavy atom. The van der Waals surface area contributed by atoms with Crippen LogP contribution in [-0.4, -0.2) is 54.0 Å². The van der Waals surface area contributed by atoms with E-state index in [2.05, 4.69) is 15.2 Å². The van der Waals surface area contributed by atoms with Crippen LogP contribution in [0.4, 0.5) is 5.69 Å². The van der Waals surface area contributed by atoms with Crippen LogP contribution in [0.5, 0.6) is 0 Å². The van der Waals surface area contributed by atoms with Gasteiger partial charge in [-0.25, -0.2) is 13.2 Å². The number of methoxy groups -OCH3 is 1. The quantitative estimate of drug-likeness (QED) is 0.562. The van der Waals surface area contributed by atoms with E-state index in [1.165, 1.54) is 34.4 Å². The van der Waals surface area contributed by atoms with E-state index in [9.17, 15) is 18.0 Å². The first-order valence-corrected chi connectivity index (χ1v) is 11.3. The average Bonchev–Trinajstić information content (AvgIpc) is 3.53. The van der Waals surface area contributed by atoms with Gasteiger partial charge in [-0.1, -0.05) is 17.3 Å². The molecule has 0 aliphatic carbocycles. The topological polar surface area (TPSA) is 124 Å². The van der Waals surface area contributed by atoms with Crippen LogP contribution in [0.1, 0.15) is 23.3 Å². The molecule has 10 nitrogen and oxygen atoms in total. The van der Waals surface area contributed by atoms with Gasteiger partial charge in [0.25, 0.3) is 0 Å². The number of hydrogen-bond donors (Lipinski definition) is 1. The second kappa shape index (κ2) is 8.60. The maximum atomic E-state index is 13.2. The number of nitrogens with zero attached hydrogens (tertiary/aromatic N) is 3. The normalized spacial score (nSPS) is 16.8. The Hall–Kier alpha value is -3.44. The Balaban J connectivity index is 1.55. The molecule has 0 bridgehead atoms. The molecule has 0 saturated carbocycles. The van der Waals surface area contributed by atoms with Crippen molar-refractivity contribution in [3.8, 4) is 11.3 Å². The summed E-state index contributed by atoms with van der Waals surface area (Å²) < 4.78 is 38.9. The molecule has 2 aromatic heterocycles. The number of sulfonamides is 1. The fourth-order valence-electron chi connectivity index (χ4n) is 3.75. The third-order valence-electron chi connectivity index (χ3n) is 5.34. The summed E-state index contributed by atoms with van der Waals surface area (Å²) in [4.78, 5) is 24.8. The second-order valence-corrected chi connectivity index (χ2v) is 9.27. The van der Waals surface area contributed by atoms with Crippen LogP contribution in [0, 0.1) is 0 Å². The highest BCUT2D eigenvalue weighted by Gasteiger charge is 2.40. The Kier molecular flexibility index (Phi) is 5.85. The maximum Gasteiger partial charge on any atom is 0.354 e. The lowest BCUT2D eigenvalue weighted by Gasteiger charge is -2.23. The number of carbonyl (C=O) groups excluding carboxylic acids is 2. The van der Waals surface area contributed by atoms with Crippen LogP contribution in [0.3, 0.4) is 0 Å². The molecule has 3 aromatic rings. The molecule has 1 atom stereocenters. The van der Waals surface area contributed by atoms with Crippen LogP contribution < -0.4 is 5.32 Å². The van der Waals surface area contributed by atoms with Crippen LogP contribution in [0.15, 0.2) is 58.2 Å². The maximum absolute atomic E-state index is 13.2. The van der Waals surface area contributed by atoms with Gasteiger partial charge in [-0.05, 0) is 31.0 Å². The van der Waals surface area contributed by atoms with Gasteiger partial charge in [-0.2, -0.15) is 4.31 Å². The zero-order valence-corrected chi connectivity index (χ0v) is 18.3. The van der Waals surface area contributed by atoms with Gasteiger partial charge in [-0.15, -0.1) is 0 Å². The highest BCUT2D eigenvalue weighted by molar-refractivity contribution is 7.89. The summed E-state index contributed by atoms with van der Waals surface area (Å²) in [5.74, 6) is -0.516. The largest absolute Gasteiger partial charge is 0.464 e. The van der Waals surface area contributed by atoms with E-state index in [4.69, 9.17) is 4.52 Å². The van der Waals surface area contributed by atoms with Crippen molar-refractivity contribution in [3.63, 3.8) is 0 Å². The number of anilines is 1. The van der Waals surface area contributed by atoms with Gasteiger partial charge in [0, 0.05) is 37.1 Å². The van der Waals surface area contributed by atoms with Gasteiger partial charge in [0.1, 0.15) is 16.6 Å². The standard InChI is InChI=1S/C21H22N4O6S/c1-24-13-16(12-18(24)21(27)30-2)32(28,29)25-10-4-7-17(25)20(26)23-15-6-3-5-14(11-15)19-8-9-22-31-19/h3,5-6,8-9,11-13,17H,4,7,10H2,1-2H3,(H,23,26). The Morgan fingerprint density at radius 2 is 2.06 bits per heavy atom. The van der Waals surface area contributed by atoms with E-state index in [0.717, 1.165) is 5.56 Å². The van der Waals surface area contributed by atoms with Crippen LogP contribution in [-0.2, 0) is 26.6 Å². The molecule has 0 spiro atoms. The first-order valence-electron chi connectivity index (χ1n) is 9.90. The molecule has 32 heavy (non-hydrogen) atoms. The van der Waals surface area contributed by atoms with Crippen molar-refractivity contribution in [3.05, 3.63) is 54.5 Å². The summed E-state index contributed by atoms with van der Waals surface area (Å²) in [5, 5.41) is 6.47. The summed E-state index contributed by atoms with van der Waals surface area (Å²) in [5.41, 5.74) is 1.35. The summed E-state index contributed by atoms with van der Waals surface area (Å²) >= 11 is 0. The molecule has 1 saturated heterocycles. The summed E-state index contributed by atoms with van der Waals surface area (Å²) in [7, 11) is -1.21. The van der Waals surface area contributed by atoms with Gasteiger partial charge in [0.05, 0.1) is 13.3 Å². The highest BCUT2D eigenvalue weighted by atomic mass is 32.2. The molecular formula is C21H22N4O6S. The molecular weight excluding hydrogens is 436 g/mol. The fourth-order valence-corrected chi connectivity index (χ4v) is 5.48. The molecule has 1 fully saturated rings. The van der Waals surface area contributed by atoms with Crippen molar-refractivity contribution < 1.29 is 27.3 Å². The third kappa shape index (κ3) is 4.04. The molecule has 1 N–H and O–H groups in total. The number of aromatic nitrogens is 2. The number of carbonyl (C=O) groups is 2. The first-order chi connectivity index (χ1) is 15.3. The predicted octanol–water partition coefficient (Wildman–Crippen LogP) is 2.26. The second-order valence-electron chi connectivity index (χ2n) is 7.38. The molecule has 11 heteroatoms. The molecule has 1 amide bonds. The lowest BCUT2D eigenvalue weighted by Crippen LogP contribution is -2.43. The van der Waals surface area contributed by atoms with Crippen LogP contribution in [0.25, 0.3) is 11.3 Å². The number of ether oxygens (including phenoxy) is 1. The van der Waals surface area contributed by atoms with E-state index in [0.29, 0.717) is 24.3 Å². The van der Waals surface area contributed by atoms with E-state index >= 15 is 0 Å². The van der Waals surface area contributed by atoms with Crippen LogP contribution in [0.2, 0.25) is 0 Å². The minimum atomic E-state index is -3.99. The highest BCUT2D eigenvalue weighted by Crippen LogP contribution is 2.29. The number of hydrogen-bond acceptors (Lipinski definition) is 7. The monoisotopic (exact) mass is 458 g/mol. The third-order valence-corrected chi connectivity index (χ3v) is 7.21. The van der Waals surface area contributed by atoms with Crippen molar-refractivity contribution in [2.45, 2.75) is 23.8 Å². The summed E-state index contributed by atoms with van der Waals surface area (Å²) in [6, 6.07) is 9.11. The number of benzene rings is 1. The molecule has 1 aliphatic rings. The number of rotatable bonds is 6. The van der Waals surface area contributed by atoms with Crippen molar-refractivity contribution in [1.82, 2.24) is 14.0 Å². The van der Waals surface area contributed by atoms with E-state index in [-0.39, 0.29) is 17.1 Å². The molecule has 0 radical (unpaired) electrons. The van der Waals surface area contributed by atoms with Crippen LogP contribution >= 0.6 is 0 Å². The molecule has 1 aromatic carbocycles. The Morgan fingerprint density at radius 3 is 2.78 bits per heavy atom. The van der Waals surface area contributed by atoms with Gasteiger partial charge in [-0.3, -0.25) is 4.79 Å². The molecule has 4 rings (SSSR count). The summed E-state index contributed by atoms with van der Waals surface area (Å²) in [6.45, 7) is 0.209. The minimum absolute atomic E-state index is 0.0626. The van der Waals surface area contributed by atoms with Gasteiger partial charge in [0.2, 0.25) is 15.9 Å². The van der Waals surface area contributed by atoms with E-state index < -0.39 is 27.9 Å². The molecule has 168 valence electrons. The van der Waals surface area contributed by atoms with E-state index in [1.54, 1.807) is 31.3 Å². The molecule has 1 aliphatic heterocycles. The number of amides is 1. The van der Waals surface area contributed by atoms with Crippen molar-refractivity contribution in [2.75, 3.05) is 19.0 Å². The van der Waals surface area contributed by atoms with Crippen molar-refractivity contribution >= 4 is 27.6 Å². The minimum Gasteiger partial charge on any atom is -0.464 e. The smallest absolute Gasteiger partial charge is 0.354 e. The predicted molar refractivity (Wildman–Crippen MR) is 114 cm³/mol. The Bertz CT molecular complexity index is 1250. The lowest BCUT2D eigenvalue weighted by molar-refractivity contribution is -0.119.